The summed E-state index contributed by atoms with van der Waals surface area (Å²) in [5, 5.41) is 3.70. The first-order valence-electron chi connectivity index (χ1n) is 7.95. The predicted octanol–water partition coefficient (Wildman–Crippen LogP) is 2.87. The van der Waals surface area contributed by atoms with Gasteiger partial charge < -0.3 is 15.0 Å². The van der Waals surface area contributed by atoms with E-state index in [1.54, 1.807) is 0 Å². The quantitative estimate of drug-likeness (QED) is 0.647. The summed E-state index contributed by atoms with van der Waals surface area (Å²) in [6, 6.07) is 16.8. The van der Waals surface area contributed by atoms with E-state index in [1.165, 1.54) is 22.0 Å². The van der Waals surface area contributed by atoms with Crippen LogP contribution in [0.3, 0.4) is 0 Å². The monoisotopic (exact) mass is 295 g/mol. The lowest BCUT2D eigenvalue weighted by Gasteiger charge is -2.05. The van der Waals surface area contributed by atoms with E-state index >= 15 is 0 Å². The number of quaternary nitrogens is 1. The maximum absolute atomic E-state index is 5.54. The van der Waals surface area contributed by atoms with Gasteiger partial charge in [-0.15, -0.1) is 0 Å². The molecule has 0 aliphatic rings. The van der Waals surface area contributed by atoms with Gasteiger partial charge in [0.15, 0.2) is 0 Å². The number of nitrogens with two attached hydrogens (primary N) is 1. The molecule has 0 aliphatic carbocycles. The Bertz CT molecular complexity index is 733. The molecule has 0 spiro atoms. The van der Waals surface area contributed by atoms with Gasteiger partial charge in [-0.3, -0.25) is 0 Å². The van der Waals surface area contributed by atoms with Crippen LogP contribution in [-0.2, 0) is 13.0 Å². The fraction of sp³-hybridized carbons (Fsp3) is 0.263. The number of aromatic nitrogens is 1. The molecule has 0 unspecified atom stereocenters. The minimum absolute atomic E-state index is 0.716. The van der Waals surface area contributed by atoms with Gasteiger partial charge in [0.2, 0.25) is 0 Å². The number of fused-ring (bicyclic) bond motifs is 1. The van der Waals surface area contributed by atoms with Crippen LogP contribution in [0.5, 0.6) is 5.75 Å². The number of ether oxygens (including phenoxy) is 1. The third kappa shape index (κ3) is 3.49. The second-order valence-electron chi connectivity index (χ2n) is 5.47. The molecular formula is C19H23N2O+. The topological polar surface area (TPSA) is 41.6 Å². The van der Waals surface area contributed by atoms with E-state index in [9.17, 15) is 0 Å². The number of hydrogen-bond acceptors (Lipinski definition) is 1. The number of H-pyrrole nitrogens is 1. The molecule has 0 fully saturated rings. The summed E-state index contributed by atoms with van der Waals surface area (Å²) in [4.78, 5) is 3.34. The van der Waals surface area contributed by atoms with Gasteiger partial charge in [-0.25, -0.2) is 0 Å². The first-order chi connectivity index (χ1) is 10.9. The lowest BCUT2D eigenvalue weighted by molar-refractivity contribution is -0.670. The van der Waals surface area contributed by atoms with Crippen molar-refractivity contribution in [3.05, 3.63) is 65.9 Å². The van der Waals surface area contributed by atoms with Crippen molar-refractivity contribution in [3.8, 4) is 5.75 Å². The molecule has 3 rings (SSSR count). The Balaban J connectivity index is 1.52. The second kappa shape index (κ2) is 7.14. The van der Waals surface area contributed by atoms with Gasteiger partial charge >= 0.3 is 0 Å². The SMILES string of the molecule is CCOc1cccc(C[NH2+]CCc2c[nH]c3ccccc23)c1. The standard InChI is InChI=1S/C19H22N2O/c1-2-22-17-7-5-6-15(12-17)13-20-11-10-16-14-21-19-9-4-3-8-18(16)19/h3-9,12,14,20-21H,2,10-11,13H2,1H3/p+1. The highest BCUT2D eigenvalue weighted by Gasteiger charge is 2.04. The second-order valence-corrected chi connectivity index (χ2v) is 5.47. The number of para-hydroxylation sites is 1. The Morgan fingerprint density at radius 1 is 1.09 bits per heavy atom. The molecule has 0 amide bonds. The summed E-state index contributed by atoms with van der Waals surface area (Å²) in [7, 11) is 0. The van der Waals surface area contributed by atoms with Crippen LogP contribution in [0, 0.1) is 0 Å². The van der Waals surface area contributed by atoms with Crippen molar-refractivity contribution in [2.24, 2.45) is 0 Å². The highest BCUT2D eigenvalue weighted by Crippen LogP contribution is 2.17. The van der Waals surface area contributed by atoms with Crippen LogP contribution >= 0.6 is 0 Å². The van der Waals surface area contributed by atoms with Gasteiger partial charge in [-0.1, -0.05) is 30.3 Å². The predicted molar refractivity (Wildman–Crippen MR) is 90.1 cm³/mol. The third-order valence-electron chi connectivity index (χ3n) is 3.88. The lowest BCUT2D eigenvalue weighted by Crippen LogP contribution is -2.83. The highest BCUT2D eigenvalue weighted by molar-refractivity contribution is 5.82. The summed E-state index contributed by atoms with van der Waals surface area (Å²) in [6.07, 6.45) is 3.21. The molecule has 0 saturated carbocycles. The fourth-order valence-electron chi connectivity index (χ4n) is 2.79. The fourth-order valence-corrected chi connectivity index (χ4v) is 2.79. The number of nitrogens with one attached hydrogen (secondary N) is 1. The van der Waals surface area contributed by atoms with Crippen LogP contribution in [0.4, 0.5) is 0 Å². The number of rotatable bonds is 7. The van der Waals surface area contributed by atoms with Gasteiger partial charge in [0.1, 0.15) is 12.3 Å². The Morgan fingerprint density at radius 3 is 2.91 bits per heavy atom. The molecule has 2 aromatic carbocycles. The van der Waals surface area contributed by atoms with Gasteiger partial charge in [-0.05, 0) is 30.7 Å². The van der Waals surface area contributed by atoms with Crippen molar-refractivity contribution in [1.82, 2.24) is 4.98 Å². The van der Waals surface area contributed by atoms with Crippen molar-refractivity contribution in [2.75, 3.05) is 13.2 Å². The van der Waals surface area contributed by atoms with E-state index in [0.29, 0.717) is 6.61 Å². The zero-order valence-electron chi connectivity index (χ0n) is 13.0. The zero-order chi connectivity index (χ0) is 15.2. The minimum atomic E-state index is 0.716. The Morgan fingerprint density at radius 2 is 2.00 bits per heavy atom. The van der Waals surface area contributed by atoms with Crippen LogP contribution in [0.15, 0.2) is 54.7 Å². The van der Waals surface area contributed by atoms with Crippen LogP contribution in [0.2, 0.25) is 0 Å². The van der Waals surface area contributed by atoms with Crippen molar-refractivity contribution >= 4 is 10.9 Å². The molecule has 22 heavy (non-hydrogen) atoms. The molecule has 0 radical (unpaired) electrons. The minimum Gasteiger partial charge on any atom is -0.494 e. The van der Waals surface area contributed by atoms with Gasteiger partial charge in [0.25, 0.3) is 0 Å². The summed E-state index contributed by atoms with van der Waals surface area (Å²) in [5.41, 5.74) is 3.93. The average Bonchev–Trinajstić information content (AvgIpc) is 2.96. The molecule has 0 saturated heterocycles. The van der Waals surface area contributed by atoms with Crippen molar-refractivity contribution in [2.45, 2.75) is 19.9 Å². The van der Waals surface area contributed by atoms with E-state index < -0.39 is 0 Å². The summed E-state index contributed by atoms with van der Waals surface area (Å²) in [5.74, 6) is 0.963. The molecule has 1 aromatic heterocycles. The number of aromatic amines is 1. The van der Waals surface area contributed by atoms with Crippen LogP contribution in [-0.4, -0.2) is 18.1 Å². The Labute approximate surface area is 131 Å². The van der Waals surface area contributed by atoms with Gasteiger partial charge in [0, 0.05) is 29.1 Å². The smallest absolute Gasteiger partial charge is 0.119 e. The molecule has 0 aliphatic heterocycles. The maximum Gasteiger partial charge on any atom is 0.119 e. The van der Waals surface area contributed by atoms with Gasteiger partial charge in [0.05, 0.1) is 13.2 Å². The maximum atomic E-state index is 5.54. The molecule has 0 bridgehead atoms. The van der Waals surface area contributed by atoms with Crippen LogP contribution < -0.4 is 10.1 Å². The molecule has 3 nitrogen and oxygen atoms in total. The van der Waals surface area contributed by atoms with Crippen LogP contribution in [0.25, 0.3) is 10.9 Å². The van der Waals surface area contributed by atoms with E-state index in [2.05, 4.69) is 59.0 Å². The van der Waals surface area contributed by atoms with E-state index in [4.69, 9.17) is 4.74 Å². The molecule has 3 N–H and O–H groups in total. The van der Waals surface area contributed by atoms with E-state index in [-0.39, 0.29) is 0 Å². The van der Waals surface area contributed by atoms with E-state index in [0.717, 1.165) is 25.3 Å². The Kier molecular flexibility index (Phi) is 4.76. The van der Waals surface area contributed by atoms with Gasteiger partial charge in [-0.2, -0.15) is 0 Å². The molecule has 3 heteroatoms. The lowest BCUT2D eigenvalue weighted by atomic mass is 10.1. The van der Waals surface area contributed by atoms with Crippen molar-refractivity contribution in [1.29, 1.82) is 0 Å². The number of benzene rings is 2. The molecule has 3 aromatic rings. The first-order valence-corrected chi connectivity index (χ1v) is 7.95. The van der Waals surface area contributed by atoms with Crippen LogP contribution in [0.1, 0.15) is 18.1 Å². The molecule has 1 heterocycles. The summed E-state index contributed by atoms with van der Waals surface area (Å²) in [6.45, 7) is 4.80. The van der Waals surface area contributed by atoms with E-state index in [1.807, 2.05) is 13.0 Å². The highest BCUT2D eigenvalue weighted by atomic mass is 16.5. The third-order valence-corrected chi connectivity index (χ3v) is 3.88. The molecule has 114 valence electrons. The van der Waals surface area contributed by atoms with Crippen molar-refractivity contribution in [3.63, 3.8) is 0 Å². The normalized spacial score (nSPS) is 11.0. The molecular weight excluding hydrogens is 272 g/mol. The zero-order valence-corrected chi connectivity index (χ0v) is 13.0. The molecule has 0 atom stereocenters. The summed E-state index contributed by atoms with van der Waals surface area (Å²) >= 11 is 0. The summed E-state index contributed by atoms with van der Waals surface area (Å²) < 4.78 is 5.54. The average molecular weight is 295 g/mol. The first kappa shape index (κ1) is 14.7. The Hall–Kier alpha value is -2.26. The number of hydrogen-bond donors (Lipinski definition) is 2. The largest absolute Gasteiger partial charge is 0.494 e. The van der Waals surface area contributed by atoms with Crippen molar-refractivity contribution < 1.29 is 10.1 Å².